The maximum Gasteiger partial charge on any atom is 0.283 e. The topological polar surface area (TPSA) is 49.7 Å². The number of sulfonamides is 1. The number of rotatable bonds is 5. The van der Waals surface area contributed by atoms with E-state index in [1.54, 1.807) is 24.3 Å². The minimum absolute atomic E-state index is 0.196. The number of anilines is 1. The standard InChI is InChI=1S/C23H24N2O2S/c1-18-13-15-21(16-14-18)28(26,27)24-23(17-20-10-5-4-6-11-20)25(3)22-12-8-7-9-19(22)2/h4-16H,17H2,1-3H3/b24-23+. The molecule has 144 valence electrons. The second-order valence-corrected chi connectivity index (χ2v) is 8.41. The van der Waals surface area contributed by atoms with E-state index in [1.807, 2.05) is 80.4 Å². The lowest BCUT2D eigenvalue weighted by molar-refractivity contribution is 0.598. The second-order valence-electron chi connectivity index (χ2n) is 6.80. The number of nitrogens with zero attached hydrogens (tertiary/aromatic N) is 2. The highest BCUT2D eigenvalue weighted by atomic mass is 32.2. The Balaban J connectivity index is 2.06. The van der Waals surface area contributed by atoms with Crippen LogP contribution in [0, 0.1) is 13.8 Å². The Labute approximate surface area is 167 Å². The second kappa shape index (κ2) is 8.40. The van der Waals surface area contributed by atoms with E-state index in [2.05, 4.69) is 4.40 Å². The molecule has 0 fully saturated rings. The van der Waals surface area contributed by atoms with Gasteiger partial charge in [0.15, 0.2) is 0 Å². The van der Waals surface area contributed by atoms with Crippen molar-refractivity contribution in [3.8, 4) is 0 Å². The molecular formula is C23H24N2O2S. The van der Waals surface area contributed by atoms with Crippen LogP contribution in [0.3, 0.4) is 0 Å². The third-order valence-electron chi connectivity index (χ3n) is 4.61. The van der Waals surface area contributed by atoms with E-state index in [9.17, 15) is 8.42 Å². The van der Waals surface area contributed by atoms with E-state index in [0.717, 1.165) is 22.4 Å². The molecule has 4 nitrogen and oxygen atoms in total. The van der Waals surface area contributed by atoms with Crippen molar-refractivity contribution >= 4 is 21.5 Å². The Bertz CT molecular complexity index is 1070. The van der Waals surface area contributed by atoms with E-state index in [4.69, 9.17) is 0 Å². The number of amidine groups is 1. The molecule has 0 aliphatic carbocycles. The van der Waals surface area contributed by atoms with Crippen molar-refractivity contribution in [1.29, 1.82) is 0 Å². The largest absolute Gasteiger partial charge is 0.332 e. The van der Waals surface area contributed by atoms with E-state index in [0.29, 0.717) is 12.3 Å². The molecule has 0 unspecified atom stereocenters. The number of benzene rings is 3. The van der Waals surface area contributed by atoms with Gasteiger partial charge in [0, 0.05) is 19.2 Å². The molecule has 0 spiro atoms. The highest BCUT2D eigenvalue weighted by Crippen LogP contribution is 2.21. The molecule has 0 radical (unpaired) electrons. The zero-order chi connectivity index (χ0) is 20.1. The van der Waals surface area contributed by atoms with Crippen LogP contribution < -0.4 is 4.90 Å². The van der Waals surface area contributed by atoms with Crippen LogP contribution in [0.2, 0.25) is 0 Å². The van der Waals surface area contributed by atoms with Crippen LogP contribution in [0.4, 0.5) is 5.69 Å². The molecule has 5 heteroatoms. The van der Waals surface area contributed by atoms with Gasteiger partial charge in [0.2, 0.25) is 0 Å². The van der Waals surface area contributed by atoms with Crippen LogP contribution in [0.1, 0.15) is 16.7 Å². The summed E-state index contributed by atoms with van der Waals surface area (Å²) in [5.74, 6) is 0.473. The smallest absolute Gasteiger partial charge is 0.283 e. The zero-order valence-electron chi connectivity index (χ0n) is 16.3. The van der Waals surface area contributed by atoms with Crippen molar-refractivity contribution in [3.05, 3.63) is 95.6 Å². The summed E-state index contributed by atoms with van der Waals surface area (Å²) in [4.78, 5) is 2.05. The van der Waals surface area contributed by atoms with E-state index in [1.165, 1.54) is 0 Å². The molecular weight excluding hydrogens is 368 g/mol. The first kappa shape index (κ1) is 19.8. The molecule has 3 aromatic rings. The number of hydrogen-bond acceptors (Lipinski definition) is 2. The molecule has 0 aliphatic rings. The van der Waals surface area contributed by atoms with Gasteiger partial charge in [0.1, 0.15) is 5.84 Å². The van der Waals surface area contributed by atoms with Crippen molar-refractivity contribution in [3.63, 3.8) is 0 Å². The highest BCUT2D eigenvalue weighted by molar-refractivity contribution is 7.90. The van der Waals surface area contributed by atoms with Gasteiger partial charge < -0.3 is 4.90 Å². The molecule has 3 rings (SSSR count). The number of para-hydroxylation sites is 1. The van der Waals surface area contributed by atoms with Crippen molar-refractivity contribution < 1.29 is 8.42 Å². The summed E-state index contributed by atoms with van der Waals surface area (Å²) in [7, 11) is -1.96. The van der Waals surface area contributed by atoms with Crippen LogP contribution in [-0.2, 0) is 16.4 Å². The summed E-state index contributed by atoms with van der Waals surface area (Å²) >= 11 is 0. The highest BCUT2D eigenvalue weighted by Gasteiger charge is 2.18. The van der Waals surface area contributed by atoms with Crippen molar-refractivity contribution in [2.24, 2.45) is 4.40 Å². The van der Waals surface area contributed by atoms with Gasteiger partial charge in [-0.3, -0.25) is 0 Å². The third kappa shape index (κ3) is 4.67. The van der Waals surface area contributed by atoms with Gasteiger partial charge in [-0.2, -0.15) is 8.42 Å². The summed E-state index contributed by atoms with van der Waals surface area (Å²) in [5, 5.41) is 0. The Morgan fingerprint density at radius 3 is 2.11 bits per heavy atom. The number of likely N-dealkylation sites (N-methyl/N-ethyl adjacent to an activating group) is 1. The van der Waals surface area contributed by atoms with E-state index >= 15 is 0 Å². The molecule has 0 amide bonds. The Morgan fingerprint density at radius 2 is 1.46 bits per heavy atom. The first-order valence-electron chi connectivity index (χ1n) is 9.10. The summed E-state index contributed by atoms with van der Waals surface area (Å²) in [5.41, 5.74) is 3.99. The third-order valence-corrected chi connectivity index (χ3v) is 5.93. The van der Waals surface area contributed by atoms with Gasteiger partial charge in [-0.15, -0.1) is 4.40 Å². The van der Waals surface area contributed by atoms with E-state index in [-0.39, 0.29) is 4.90 Å². The van der Waals surface area contributed by atoms with E-state index < -0.39 is 10.0 Å². The minimum atomic E-state index is -3.82. The molecule has 0 bridgehead atoms. The van der Waals surface area contributed by atoms with Crippen molar-refractivity contribution in [2.45, 2.75) is 25.2 Å². The zero-order valence-corrected chi connectivity index (χ0v) is 17.1. The Morgan fingerprint density at radius 1 is 0.857 bits per heavy atom. The monoisotopic (exact) mass is 392 g/mol. The van der Waals surface area contributed by atoms with Gasteiger partial charge in [0.25, 0.3) is 10.0 Å². The van der Waals surface area contributed by atoms with Crippen LogP contribution in [-0.4, -0.2) is 21.3 Å². The fourth-order valence-corrected chi connectivity index (χ4v) is 4.02. The first-order valence-corrected chi connectivity index (χ1v) is 10.5. The fraction of sp³-hybridized carbons (Fsp3) is 0.174. The van der Waals surface area contributed by atoms with Crippen LogP contribution in [0.25, 0.3) is 0 Å². The van der Waals surface area contributed by atoms with Gasteiger partial charge >= 0.3 is 0 Å². The molecule has 0 atom stereocenters. The molecule has 0 saturated carbocycles. The number of hydrogen-bond donors (Lipinski definition) is 0. The first-order chi connectivity index (χ1) is 13.4. The van der Waals surface area contributed by atoms with Gasteiger partial charge in [-0.1, -0.05) is 66.2 Å². The predicted octanol–water partition coefficient (Wildman–Crippen LogP) is 4.77. The average Bonchev–Trinajstić information content (AvgIpc) is 2.68. The van der Waals surface area contributed by atoms with Crippen molar-refractivity contribution in [1.82, 2.24) is 0 Å². The van der Waals surface area contributed by atoms with Crippen LogP contribution in [0.5, 0.6) is 0 Å². The quantitative estimate of drug-likeness (QED) is 0.464. The van der Waals surface area contributed by atoms with Gasteiger partial charge in [-0.25, -0.2) is 0 Å². The molecule has 0 heterocycles. The summed E-state index contributed by atoms with van der Waals surface area (Å²) in [6.07, 6.45) is 0.413. The lowest BCUT2D eigenvalue weighted by Crippen LogP contribution is -2.30. The van der Waals surface area contributed by atoms with Gasteiger partial charge in [-0.05, 0) is 43.2 Å². The van der Waals surface area contributed by atoms with Crippen LogP contribution >= 0.6 is 0 Å². The molecule has 3 aromatic carbocycles. The Kier molecular flexibility index (Phi) is 5.95. The van der Waals surface area contributed by atoms with Gasteiger partial charge in [0.05, 0.1) is 4.90 Å². The van der Waals surface area contributed by atoms with Crippen LogP contribution in [0.15, 0.2) is 88.2 Å². The maximum atomic E-state index is 13.0. The SMILES string of the molecule is Cc1ccc(S(=O)(=O)/N=C(\Cc2ccccc2)N(C)c2ccccc2C)cc1. The molecule has 28 heavy (non-hydrogen) atoms. The lowest BCUT2D eigenvalue weighted by atomic mass is 10.1. The Hall–Kier alpha value is -2.92. The average molecular weight is 393 g/mol. The fourth-order valence-electron chi connectivity index (χ4n) is 2.97. The normalized spacial score (nSPS) is 12.0. The lowest BCUT2D eigenvalue weighted by Gasteiger charge is -2.23. The summed E-state index contributed by atoms with van der Waals surface area (Å²) in [6.45, 7) is 3.92. The maximum absolute atomic E-state index is 13.0. The predicted molar refractivity (Wildman–Crippen MR) is 116 cm³/mol. The minimum Gasteiger partial charge on any atom is -0.332 e. The summed E-state index contributed by atoms with van der Waals surface area (Å²) < 4.78 is 30.1. The summed E-state index contributed by atoms with van der Waals surface area (Å²) in [6, 6.07) is 24.4. The molecule has 0 N–H and O–H groups in total. The number of aryl methyl sites for hydroxylation is 2. The molecule has 0 aromatic heterocycles. The molecule has 0 aliphatic heterocycles. The van der Waals surface area contributed by atoms with Crippen molar-refractivity contribution in [2.75, 3.05) is 11.9 Å². The molecule has 0 saturated heterocycles.